The Balaban J connectivity index is 2.36. The maximum atomic E-state index is 13.2. The van der Waals surface area contributed by atoms with Crippen molar-refractivity contribution in [1.29, 1.82) is 0 Å². The van der Waals surface area contributed by atoms with Crippen LogP contribution in [0.3, 0.4) is 0 Å². The molecule has 0 saturated heterocycles. The summed E-state index contributed by atoms with van der Waals surface area (Å²) in [5, 5.41) is 0. The van der Waals surface area contributed by atoms with Crippen LogP contribution in [0, 0.1) is 19.7 Å². The molecule has 1 heterocycles. The van der Waals surface area contributed by atoms with Gasteiger partial charge in [-0.3, -0.25) is 9.59 Å². The minimum absolute atomic E-state index is 0.156. The zero-order chi connectivity index (χ0) is 22.6. The van der Waals surface area contributed by atoms with Crippen molar-refractivity contribution in [3.63, 3.8) is 0 Å². The highest BCUT2D eigenvalue weighted by molar-refractivity contribution is 6.06. The molecule has 1 aromatic heterocycles. The lowest BCUT2D eigenvalue weighted by Crippen LogP contribution is -2.40. The van der Waals surface area contributed by atoms with E-state index in [1.165, 1.54) is 36.3 Å². The van der Waals surface area contributed by atoms with E-state index in [0.717, 1.165) is 0 Å². The highest BCUT2D eigenvalue weighted by Gasteiger charge is 2.27. The van der Waals surface area contributed by atoms with Crippen LogP contribution in [0.15, 0.2) is 24.3 Å². The second kappa shape index (κ2) is 9.67. The van der Waals surface area contributed by atoms with E-state index >= 15 is 0 Å². The van der Waals surface area contributed by atoms with Crippen molar-refractivity contribution in [2.45, 2.75) is 13.8 Å². The van der Waals surface area contributed by atoms with Crippen LogP contribution in [0.4, 0.5) is 4.39 Å². The summed E-state index contributed by atoms with van der Waals surface area (Å²) in [5.41, 5.74) is 2.16. The number of esters is 1. The van der Waals surface area contributed by atoms with Crippen molar-refractivity contribution in [2.24, 2.45) is 7.05 Å². The molecule has 0 bridgehead atoms. The van der Waals surface area contributed by atoms with Gasteiger partial charge in [0.05, 0.1) is 13.7 Å². The number of benzene rings is 1. The van der Waals surface area contributed by atoms with Gasteiger partial charge in [-0.1, -0.05) is 0 Å². The fraction of sp³-hybridized carbons (Fsp3) is 0.409. The molecule has 1 amide bonds. The lowest BCUT2D eigenvalue weighted by molar-refractivity contribution is 0.0588. The van der Waals surface area contributed by atoms with Crippen molar-refractivity contribution in [1.82, 2.24) is 14.4 Å². The summed E-state index contributed by atoms with van der Waals surface area (Å²) >= 11 is 0. The monoisotopic (exact) mass is 417 g/mol. The Hall–Kier alpha value is -3.00. The molecule has 2 aromatic rings. The Morgan fingerprint density at radius 1 is 1.07 bits per heavy atom. The molecule has 0 radical (unpaired) electrons. The SMILES string of the molecule is COC(=O)c1c(C)c(C(=O)CN(CCN(C)C)C(=O)c2ccc(F)cc2)c(C)n1C. The molecular weight excluding hydrogens is 389 g/mol. The minimum atomic E-state index is -0.524. The number of amides is 1. The molecule has 0 fully saturated rings. The first kappa shape index (κ1) is 23.3. The normalized spacial score (nSPS) is 10.9. The van der Waals surface area contributed by atoms with E-state index in [1.807, 2.05) is 19.0 Å². The first-order valence-corrected chi connectivity index (χ1v) is 9.55. The second-order valence-corrected chi connectivity index (χ2v) is 7.44. The van der Waals surface area contributed by atoms with E-state index in [0.29, 0.717) is 41.2 Å². The van der Waals surface area contributed by atoms with E-state index in [4.69, 9.17) is 4.74 Å². The molecule has 0 aliphatic heterocycles. The summed E-state index contributed by atoms with van der Waals surface area (Å²) in [6.45, 7) is 4.16. The van der Waals surface area contributed by atoms with Gasteiger partial charge in [-0.05, 0) is 57.8 Å². The number of ketones is 1. The third-order valence-electron chi connectivity index (χ3n) is 5.12. The molecule has 0 unspecified atom stereocenters. The number of aromatic nitrogens is 1. The molecule has 0 spiro atoms. The lowest BCUT2D eigenvalue weighted by Gasteiger charge is -2.24. The predicted octanol–water partition coefficient (Wildman–Crippen LogP) is 2.45. The first-order valence-electron chi connectivity index (χ1n) is 9.55. The molecule has 30 heavy (non-hydrogen) atoms. The summed E-state index contributed by atoms with van der Waals surface area (Å²) in [6, 6.07) is 5.24. The zero-order valence-electron chi connectivity index (χ0n) is 18.3. The molecule has 0 aliphatic rings. The molecule has 2 rings (SSSR count). The summed E-state index contributed by atoms with van der Waals surface area (Å²) in [7, 11) is 6.72. The van der Waals surface area contributed by atoms with Crippen LogP contribution in [0.25, 0.3) is 0 Å². The Morgan fingerprint density at radius 3 is 2.20 bits per heavy atom. The Kier molecular flexibility index (Phi) is 7.50. The molecule has 0 atom stereocenters. The summed E-state index contributed by atoms with van der Waals surface area (Å²) < 4.78 is 19.7. The van der Waals surface area contributed by atoms with Gasteiger partial charge in [-0.15, -0.1) is 0 Å². The van der Waals surface area contributed by atoms with Gasteiger partial charge in [0, 0.05) is 37.0 Å². The van der Waals surface area contributed by atoms with Crippen LogP contribution in [0.2, 0.25) is 0 Å². The third-order valence-corrected chi connectivity index (χ3v) is 5.12. The minimum Gasteiger partial charge on any atom is -0.464 e. The topological polar surface area (TPSA) is 71.9 Å². The molecule has 1 aromatic carbocycles. The van der Waals surface area contributed by atoms with Crippen LogP contribution < -0.4 is 0 Å². The third kappa shape index (κ3) is 4.94. The average Bonchev–Trinajstić information content (AvgIpc) is 2.93. The van der Waals surface area contributed by atoms with Crippen molar-refractivity contribution >= 4 is 17.7 Å². The fourth-order valence-electron chi connectivity index (χ4n) is 3.37. The van der Waals surface area contributed by atoms with Gasteiger partial charge in [0.1, 0.15) is 11.5 Å². The van der Waals surface area contributed by atoms with Gasteiger partial charge in [0.15, 0.2) is 5.78 Å². The molecule has 0 aliphatic carbocycles. The van der Waals surface area contributed by atoms with Gasteiger partial charge in [-0.2, -0.15) is 0 Å². The zero-order valence-corrected chi connectivity index (χ0v) is 18.3. The number of carbonyl (C=O) groups is 3. The van der Waals surface area contributed by atoms with Crippen LogP contribution in [0.5, 0.6) is 0 Å². The average molecular weight is 417 g/mol. The second-order valence-electron chi connectivity index (χ2n) is 7.44. The molecule has 8 heteroatoms. The number of hydrogen-bond acceptors (Lipinski definition) is 5. The largest absolute Gasteiger partial charge is 0.464 e. The quantitative estimate of drug-likeness (QED) is 0.487. The van der Waals surface area contributed by atoms with E-state index in [2.05, 4.69) is 0 Å². The summed E-state index contributed by atoms with van der Waals surface area (Å²) in [6.07, 6.45) is 0. The lowest BCUT2D eigenvalue weighted by atomic mass is 10.0. The summed E-state index contributed by atoms with van der Waals surface area (Å²) in [5.74, 6) is -1.59. The van der Waals surface area contributed by atoms with Crippen LogP contribution in [0.1, 0.15) is 42.5 Å². The number of ether oxygens (including phenoxy) is 1. The van der Waals surface area contributed by atoms with Crippen LogP contribution in [-0.4, -0.2) is 72.9 Å². The van der Waals surface area contributed by atoms with E-state index in [-0.39, 0.29) is 18.2 Å². The highest BCUT2D eigenvalue weighted by atomic mass is 19.1. The summed E-state index contributed by atoms with van der Waals surface area (Å²) in [4.78, 5) is 41.6. The predicted molar refractivity (Wildman–Crippen MR) is 111 cm³/mol. The fourth-order valence-corrected chi connectivity index (χ4v) is 3.37. The molecule has 0 saturated carbocycles. The molecule has 0 N–H and O–H groups in total. The Morgan fingerprint density at radius 2 is 1.67 bits per heavy atom. The van der Waals surface area contributed by atoms with E-state index in [1.54, 1.807) is 25.5 Å². The van der Waals surface area contributed by atoms with Crippen LogP contribution >= 0.6 is 0 Å². The van der Waals surface area contributed by atoms with Gasteiger partial charge >= 0.3 is 5.97 Å². The van der Waals surface area contributed by atoms with Crippen molar-refractivity contribution in [2.75, 3.05) is 40.8 Å². The van der Waals surface area contributed by atoms with E-state index in [9.17, 15) is 18.8 Å². The van der Waals surface area contributed by atoms with Crippen molar-refractivity contribution in [3.05, 3.63) is 58.2 Å². The Bertz CT molecular complexity index is 948. The van der Waals surface area contributed by atoms with Crippen LogP contribution in [-0.2, 0) is 11.8 Å². The number of hydrogen-bond donors (Lipinski definition) is 0. The number of likely N-dealkylation sites (N-methyl/N-ethyl adjacent to an activating group) is 1. The van der Waals surface area contributed by atoms with E-state index < -0.39 is 11.8 Å². The number of nitrogens with zero attached hydrogens (tertiary/aromatic N) is 3. The van der Waals surface area contributed by atoms with Gasteiger partial charge in [-0.25, -0.2) is 9.18 Å². The maximum Gasteiger partial charge on any atom is 0.354 e. The van der Waals surface area contributed by atoms with Gasteiger partial charge in [0.2, 0.25) is 0 Å². The number of halogens is 1. The highest BCUT2D eigenvalue weighted by Crippen LogP contribution is 2.23. The maximum absolute atomic E-state index is 13.2. The Labute approximate surface area is 176 Å². The molecule has 7 nitrogen and oxygen atoms in total. The smallest absolute Gasteiger partial charge is 0.354 e. The first-order chi connectivity index (χ1) is 14.1. The van der Waals surface area contributed by atoms with Gasteiger partial charge < -0.3 is 19.1 Å². The molecular formula is C22H28FN3O4. The number of rotatable bonds is 8. The van der Waals surface area contributed by atoms with Gasteiger partial charge in [0.25, 0.3) is 5.91 Å². The standard InChI is InChI=1S/C22H28FN3O4/c1-14-19(15(2)25(5)20(14)22(29)30-6)18(27)13-26(12-11-24(3)4)21(28)16-7-9-17(23)10-8-16/h7-10H,11-13H2,1-6H3. The molecule has 162 valence electrons. The number of Topliss-reactive ketones (excluding diaryl/α,β-unsaturated/α-hetero) is 1. The van der Waals surface area contributed by atoms with Crippen molar-refractivity contribution in [3.8, 4) is 0 Å². The number of carbonyl (C=O) groups excluding carboxylic acids is 3. The number of methoxy groups -OCH3 is 1. The van der Waals surface area contributed by atoms with Crippen molar-refractivity contribution < 1.29 is 23.5 Å².